The summed E-state index contributed by atoms with van der Waals surface area (Å²) in [6.45, 7) is 9.13. The highest BCUT2D eigenvalue weighted by Gasteiger charge is 2.05. The van der Waals surface area contributed by atoms with Crippen LogP contribution in [0.1, 0.15) is 33.6 Å². The summed E-state index contributed by atoms with van der Waals surface area (Å²) >= 11 is 0. The third-order valence-electron chi connectivity index (χ3n) is 1.58. The molecule has 0 aromatic heterocycles. The predicted octanol–water partition coefficient (Wildman–Crippen LogP) is 2.85. The maximum Gasteiger partial charge on any atom is 0.303 e. The van der Waals surface area contributed by atoms with Crippen LogP contribution < -0.4 is 0 Å². The van der Waals surface area contributed by atoms with Gasteiger partial charge in [-0.15, -0.1) is 0 Å². The second-order valence-corrected chi connectivity index (χ2v) is 3.24. The molecule has 0 amide bonds. The second kappa shape index (κ2) is 6.46. The molecule has 0 aromatic carbocycles. The lowest BCUT2D eigenvalue weighted by Crippen LogP contribution is -2.12. The van der Waals surface area contributed by atoms with Gasteiger partial charge in [-0.1, -0.05) is 24.3 Å². The highest BCUT2D eigenvalue weighted by molar-refractivity contribution is 5.66. The number of esters is 1. The van der Waals surface area contributed by atoms with Gasteiger partial charge < -0.3 is 4.74 Å². The third kappa shape index (κ3) is 7.32. The highest BCUT2D eigenvalue weighted by atomic mass is 16.5. The second-order valence-electron chi connectivity index (χ2n) is 3.24. The van der Waals surface area contributed by atoms with Crippen LogP contribution in [0.2, 0.25) is 0 Å². The van der Waals surface area contributed by atoms with Gasteiger partial charge in [0, 0.05) is 6.92 Å². The van der Waals surface area contributed by atoms with Crippen molar-refractivity contribution >= 4 is 5.97 Å². The van der Waals surface area contributed by atoms with E-state index >= 15 is 0 Å². The summed E-state index contributed by atoms with van der Waals surface area (Å²) in [6.07, 6.45) is 5.38. The fourth-order valence-electron chi connectivity index (χ4n) is 0.974. The van der Waals surface area contributed by atoms with E-state index in [0.29, 0.717) is 0 Å². The lowest BCUT2D eigenvalue weighted by atomic mass is 10.1. The van der Waals surface area contributed by atoms with Crippen LogP contribution in [0.5, 0.6) is 0 Å². The van der Waals surface area contributed by atoms with Gasteiger partial charge in [-0.25, -0.2) is 0 Å². The van der Waals surface area contributed by atoms with Crippen LogP contribution in [0, 0.1) is 0 Å². The number of carbonyl (C=O) groups excluding carboxylic acids is 1. The maximum atomic E-state index is 10.6. The summed E-state index contributed by atoms with van der Waals surface area (Å²) in [4.78, 5) is 10.6. The van der Waals surface area contributed by atoms with Gasteiger partial charge in [-0.05, 0) is 26.7 Å². The summed E-state index contributed by atoms with van der Waals surface area (Å²) in [5.74, 6) is -0.248. The van der Waals surface area contributed by atoms with Crippen molar-refractivity contribution in [1.29, 1.82) is 0 Å². The lowest BCUT2D eigenvalue weighted by molar-refractivity contribution is -0.144. The van der Waals surface area contributed by atoms with E-state index in [2.05, 4.69) is 26.5 Å². The molecule has 13 heavy (non-hydrogen) atoms. The fraction of sp³-hybridized carbons (Fsp3) is 0.545. The lowest BCUT2D eigenvalue weighted by Gasteiger charge is -2.10. The Hall–Kier alpha value is -1.05. The largest absolute Gasteiger partial charge is 0.458 e. The SMILES string of the molecule is C=C[C@@H](CCC=C(C)C)OC(C)=O. The molecular formula is C11H18O2. The molecule has 0 N–H and O–H groups in total. The van der Waals surface area contributed by atoms with E-state index in [-0.39, 0.29) is 12.1 Å². The van der Waals surface area contributed by atoms with Crippen LogP contribution >= 0.6 is 0 Å². The Morgan fingerprint density at radius 2 is 2.08 bits per heavy atom. The van der Waals surface area contributed by atoms with Gasteiger partial charge in [-0.2, -0.15) is 0 Å². The van der Waals surface area contributed by atoms with Gasteiger partial charge in [0.15, 0.2) is 0 Å². The minimum absolute atomic E-state index is 0.145. The Kier molecular flexibility index (Phi) is 5.94. The van der Waals surface area contributed by atoms with Crippen molar-refractivity contribution < 1.29 is 9.53 Å². The molecule has 0 heterocycles. The zero-order chi connectivity index (χ0) is 10.3. The zero-order valence-electron chi connectivity index (χ0n) is 8.67. The van der Waals surface area contributed by atoms with Crippen molar-refractivity contribution in [3.05, 3.63) is 24.3 Å². The van der Waals surface area contributed by atoms with Gasteiger partial charge in [0.25, 0.3) is 0 Å². The average Bonchev–Trinajstić information content (AvgIpc) is 2.01. The number of allylic oxidation sites excluding steroid dienone is 2. The van der Waals surface area contributed by atoms with Crippen molar-refractivity contribution in [3.63, 3.8) is 0 Å². The van der Waals surface area contributed by atoms with Gasteiger partial charge in [0.1, 0.15) is 6.10 Å². The minimum Gasteiger partial charge on any atom is -0.458 e. The topological polar surface area (TPSA) is 26.3 Å². The third-order valence-corrected chi connectivity index (χ3v) is 1.58. The molecule has 0 aliphatic heterocycles. The maximum absolute atomic E-state index is 10.6. The minimum atomic E-state index is -0.248. The Bertz CT molecular complexity index is 200. The van der Waals surface area contributed by atoms with E-state index in [1.807, 2.05) is 0 Å². The van der Waals surface area contributed by atoms with Crippen molar-refractivity contribution in [3.8, 4) is 0 Å². The van der Waals surface area contributed by atoms with E-state index in [9.17, 15) is 4.79 Å². The van der Waals surface area contributed by atoms with Crippen molar-refractivity contribution in [2.75, 3.05) is 0 Å². The molecule has 0 aliphatic rings. The normalized spacial score (nSPS) is 11.6. The Morgan fingerprint density at radius 3 is 2.46 bits per heavy atom. The molecule has 0 spiro atoms. The standard InChI is InChI=1S/C11H18O2/c1-5-11(13-10(4)12)8-6-7-9(2)3/h5,7,11H,1,6,8H2,2-4H3/t11-/m0/s1. The molecule has 0 aliphatic carbocycles. The fourth-order valence-corrected chi connectivity index (χ4v) is 0.974. The monoisotopic (exact) mass is 182 g/mol. The van der Waals surface area contributed by atoms with Crippen molar-refractivity contribution in [2.24, 2.45) is 0 Å². The zero-order valence-corrected chi connectivity index (χ0v) is 8.67. The van der Waals surface area contributed by atoms with Gasteiger partial charge in [0.05, 0.1) is 0 Å². The first-order valence-corrected chi connectivity index (χ1v) is 4.49. The summed E-state index contributed by atoms with van der Waals surface area (Å²) in [7, 11) is 0. The van der Waals surface area contributed by atoms with Crippen LogP contribution in [-0.4, -0.2) is 12.1 Å². The molecule has 0 unspecified atom stereocenters. The molecule has 0 saturated heterocycles. The molecule has 0 bridgehead atoms. The van der Waals surface area contributed by atoms with Crippen molar-refractivity contribution in [2.45, 2.75) is 39.7 Å². The van der Waals surface area contributed by atoms with Crippen LogP contribution in [0.3, 0.4) is 0 Å². The summed E-state index contributed by atoms with van der Waals surface area (Å²) in [6, 6.07) is 0. The Labute approximate surface area is 80.3 Å². The number of carbonyl (C=O) groups is 1. The first-order chi connectivity index (χ1) is 6.06. The molecule has 0 fully saturated rings. The molecule has 0 radical (unpaired) electrons. The smallest absolute Gasteiger partial charge is 0.303 e. The highest BCUT2D eigenvalue weighted by Crippen LogP contribution is 2.06. The Morgan fingerprint density at radius 1 is 1.46 bits per heavy atom. The van der Waals surface area contributed by atoms with E-state index in [0.717, 1.165) is 12.8 Å². The molecule has 2 heteroatoms. The molecular weight excluding hydrogens is 164 g/mol. The number of ether oxygens (including phenoxy) is 1. The van der Waals surface area contributed by atoms with Gasteiger partial charge >= 0.3 is 5.97 Å². The quantitative estimate of drug-likeness (QED) is 0.482. The van der Waals surface area contributed by atoms with E-state index < -0.39 is 0 Å². The van der Waals surface area contributed by atoms with Crippen LogP contribution in [-0.2, 0) is 9.53 Å². The van der Waals surface area contributed by atoms with Crippen LogP contribution in [0.15, 0.2) is 24.3 Å². The van der Waals surface area contributed by atoms with E-state index in [1.165, 1.54) is 12.5 Å². The molecule has 1 atom stereocenters. The summed E-state index contributed by atoms with van der Waals surface area (Å²) in [5, 5.41) is 0. The molecule has 74 valence electrons. The summed E-state index contributed by atoms with van der Waals surface area (Å²) < 4.78 is 5.00. The Balaban J connectivity index is 3.79. The van der Waals surface area contributed by atoms with Crippen LogP contribution in [0.4, 0.5) is 0 Å². The molecule has 0 saturated carbocycles. The van der Waals surface area contributed by atoms with Crippen LogP contribution in [0.25, 0.3) is 0 Å². The first kappa shape index (κ1) is 11.9. The van der Waals surface area contributed by atoms with Gasteiger partial charge in [0.2, 0.25) is 0 Å². The van der Waals surface area contributed by atoms with Gasteiger partial charge in [-0.3, -0.25) is 4.79 Å². The van der Waals surface area contributed by atoms with Crippen molar-refractivity contribution in [1.82, 2.24) is 0 Å². The molecule has 0 rings (SSSR count). The van der Waals surface area contributed by atoms with E-state index in [1.54, 1.807) is 6.08 Å². The predicted molar refractivity (Wildman–Crippen MR) is 54.4 cm³/mol. The number of rotatable bonds is 5. The molecule has 0 aromatic rings. The van der Waals surface area contributed by atoms with E-state index in [4.69, 9.17) is 4.74 Å². The average molecular weight is 182 g/mol. The summed E-state index contributed by atoms with van der Waals surface area (Å²) in [5.41, 5.74) is 1.28. The number of hydrogen-bond acceptors (Lipinski definition) is 2. The molecule has 2 nitrogen and oxygen atoms in total. The first-order valence-electron chi connectivity index (χ1n) is 4.49. The number of hydrogen-bond donors (Lipinski definition) is 0.